The molecule has 0 unspecified atom stereocenters. The average Bonchev–Trinajstić information content (AvgIpc) is 3.85. The van der Waals surface area contributed by atoms with Crippen molar-refractivity contribution in [1.29, 1.82) is 0 Å². The number of anilines is 3. The number of furan rings is 1. The van der Waals surface area contributed by atoms with Gasteiger partial charge in [-0.3, -0.25) is 0 Å². The maximum absolute atomic E-state index is 6.42. The van der Waals surface area contributed by atoms with E-state index in [4.69, 9.17) is 4.42 Å². The summed E-state index contributed by atoms with van der Waals surface area (Å²) in [5.41, 5.74) is 9.88. The van der Waals surface area contributed by atoms with E-state index in [0.29, 0.717) is 0 Å². The Morgan fingerprint density at radius 1 is 0.368 bits per heavy atom. The van der Waals surface area contributed by atoms with Gasteiger partial charge in [0.05, 0.1) is 11.4 Å². The van der Waals surface area contributed by atoms with Crippen LogP contribution < -0.4 is 4.90 Å². The third-order valence-corrected chi connectivity index (χ3v) is 12.9. The molecule has 12 rings (SSSR count). The molecule has 0 bridgehead atoms. The Balaban J connectivity index is 1.26. The number of hydrogen-bond donors (Lipinski definition) is 0. The lowest BCUT2D eigenvalue weighted by Crippen LogP contribution is -2.13. The van der Waals surface area contributed by atoms with Crippen molar-refractivity contribution in [3.05, 3.63) is 200 Å². The van der Waals surface area contributed by atoms with E-state index in [1.54, 1.807) is 0 Å². The highest BCUT2D eigenvalue weighted by Gasteiger charge is 2.27. The Bertz CT molecular complexity index is 3550. The predicted octanol–water partition coefficient (Wildman–Crippen LogP) is 16.2. The van der Waals surface area contributed by atoms with Gasteiger partial charge in [-0.1, -0.05) is 164 Å². The summed E-state index contributed by atoms with van der Waals surface area (Å²) in [7, 11) is 0. The smallest absolute Gasteiger partial charge is 0.135 e. The highest BCUT2D eigenvalue weighted by molar-refractivity contribution is 7.26. The van der Waals surface area contributed by atoms with E-state index in [1.165, 1.54) is 74.7 Å². The first-order valence-electron chi connectivity index (χ1n) is 19.4. The van der Waals surface area contributed by atoms with Gasteiger partial charge in [-0.25, -0.2) is 0 Å². The molecule has 0 aliphatic carbocycles. The molecule has 2 aromatic heterocycles. The molecule has 57 heavy (non-hydrogen) atoms. The van der Waals surface area contributed by atoms with Crippen LogP contribution in [0.2, 0.25) is 0 Å². The Morgan fingerprint density at radius 2 is 0.947 bits per heavy atom. The standard InChI is InChI=1S/C54H33NOS/c1-2-17-36-34(15-1)16-13-25-42(36)52-43-23-5-3-18-37(43)38-19-4-6-24-44(38)53(52)55(35-31-32-50-47(33-35)40-21-8-11-29-49(40)56-50)48-28-10-7-20-39(48)45-26-14-27-46-41-22-9-12-30-51(41)57-54(45)46/h1-33H. The molecule has 0 fully saturated rings. The molecule has 0 saturated carbocycles. The predicted molar refractivity (Wildman–Crippen MR) is 245 cm³/mol. The fraction of sp³-hybridized carbons (Fsp3) is 0. The van der Waals surface area contributed by atoms with Gasteiger partial charge in [0.2, 0.25) is 0 Å². The van der Waals surface area contributed by atoms with Crippen LogP contribution in [0.15, 0.2) is 205 Å². The third-order valence-electron chi connectivity index (χ3n) is 11.6. The number of fused-ring (bicyclic) bond motifs is 10. The van der Waals surface area contributed by atoms with Crippen LogP contribution in [-0.2, 0) is 0 Å². The van der Waals surface area contributed by atoms with E-state index in [1.807, 2.05) is 17.4 Å². The topological polar surface area (TPSA) is 16.4 Å². The molecule has 0 atom stereocenters. The molecule has 0 saturated heterocycles. The Kier molecular flexibility index (Phi) is 7.13. The van der Waals surface area contributed by atoms with Crippen molar-refractivity contribution in [3.8, 4) is 22.3 Å². The zero-order valence-electron chi connectivity index (χ0n) is 30.8. The maximum atomic E-state index is 6.42. The molecule has 12 aromatic rings. The quantitative estimate of drug-likeness (QED) is 0.163. The Morgan fingerprint density at radius 3 is 1.82 bits per heavy atom. The molecule has 3 heteroatoms. The van der Waals surface area contributed by atoms with Crippen molar-refractivity contribution in [3.63, 3.8) is 0 Å². The van der Waals surface area contributed by atoms with Crippen LogP contribution in [0.1, 0.15) is 0 Å². The van der Waals surface area contributed by atoms with Crippen LogP contribution in [0.25, 0.3) is 96.7 Å². The first kappa shape index (κ1) is 32.1. The lowest BCUT2D eigenvalue weighted by molar-refractivity contribution is 0.669. The van der Waals surface area contributed by atoms with Crippen LogP contribution in [0.4, 0.5) is 17.1 Å². The lowest BCUT2D eigenvalue weighted by atomic mass is 9.87. The fourth-order valence-corrected chi connectivity index (χ4v) is 10.4. The monoisotopic (exact) mass is 743 g/mol. The third kappa shape index (κ3) is 4.89. The molecular formula is C54H33NOS. The van der Waals surface area contributed by atoms with Gasteiger partial charge in [0.1, 0.15) is 11.2 Å². The molecule has 0 N–H and O–H groups in total. The summed E-state index contributed by atoms with van der Waals surface area (Å²) in [5, 5.41) is 12.1. The van der Waals surface area contributed by atoms with Gasteiger partial charge in [0, 0.05) is 58.7 Å². The van der Waals surface area contributed by atoms with Crippen molar-refractivity contribution >= 4 is 103 Å². The summed E-state index contributed by atoms with van der Waals surface area (Å²) in [6.45, 7) is 0. The number of para-hydroxylation sites is 2. The highest BCUT2D eigenvalue weighted by atomic mass is 32.1. The fourth-order valence-electron chi connectivity index (χ4n) is 9.17. The van der Waals surface area contributed by atoms with Crippen molar-refractivity contribution in [2.24, 2.45) is 0 Å². The average molecular weight is 744 g/mol. The van der Waals surface area contributed by atoms with Gasteiger partial charge in [0.15, 0.2) is 0 Å². The van der Waals surface area contributed by atoms with E-state index in [2.05, 4.69) is 199 Å². The summed E-state index contributed by atoms with van der Waals surface area (Å²) >= 11 is 1.87. The molecule has 0 amide bonds. The summed E-state index contributed by atoms with van der Waals surface area (Å²) in [4.78, 5) is 2.54. The van der Waals surface area contributed by atoms with Gasteiger partial charge in [-0.05, 0) is 68.9 Å². The van der Waals surface area contributed by atoms with Crippen molar-refractivity contribution in [2.75, 3.05) is 4.90 Å². The van der Waals surface area contributed by atoms with Crippen LogP contribution in [0.5, 0.6) is 0 Å². The van der Waals surface area contributed by atoms with Crippen LogP contribution in [0, 0.1) is 0 Å². The second-order valence-electron chi connectivity index (χ2n) is 14.8. The van der Waals surface area contributed by atoms with Gasteiger partial charge in [-0.2, -0.15) is 0 Å². The summed E-state index contributed by atoms with van der Waals surface area (Å²) in [6.07, 6.45) is 0. The summed E-state index contributed by atoms with van der Waals surface area (Å²) in [6, 6.07) is 73.0. The number of nitrogens with zero attached hydrogens (tertiary/aromatic N) is 1. The number of rotatable bonds is 5. The largest absolute Gasteiger partial charge is 0.456 e. The normalized spacial score (nSPS) is 11.9. The Labute approximate surface area is 333 Å². The molecule has 0 spiro atoms. The minimum atomic E-state index is 0.876. The number of hydrogen-bond acceptors (Lipinski definition) is 3. The van der Waals surface area contributed by atoms with Crippen LogP contribution in [0.3, 0.4) is 0 Å². The minimum absolute atomic E-state index is 0.876. The molecule has 2 nitrogen and oxygen atoms in total. The maximum Gasteiger partial charge on any atom is 0.135 e. The van der Waals surface area contributed by atoms with Gasteiger partial charge >= 0.3 is 0 Å². The van der Waals surface area contributed by atoms with Gasteiger partial charge < -0.3 is 9.32 Å². The second kappa shape index (κ2) is 12.7. The van der Waals surface area contributed by atoms with E-state index in [9.17, 15) is 0 Å². The van der Waals surface area contributed by atoms with Crippen LogP contribution >= 0.6 is 11.3 Å². The SMILES string of the molecule is c1ccc(N(c2ccc3oc4ccccc4c3c2)c2c(-c3cccc4ccccc34)c3ccccc3c3ccccc23)c(-c2cccc3c2sc2ccccc23)c1. The van der Waals surface area contributed by atoms with Crippen molar-refractivity contribution in [2.45, 2.75) is 0 Å². The highest BCUT2D eigenvalue weighted by Crippen LogP contribution is 2.53. The van der Waals surface area contributed by atoms with E-state index >= 15 is 0 Å². The zero-order chi connectivity index (χ0) is 37.5. The van der Waals surface area contributed by atoms with Crippen molar-refractivity contribution in [1.82, 2.24) is 0 Å². The molecule has 266 valence electrons. The molecule has 0 radical (unpaired) electrons. The molecule has 10 aromatic carbocycles. The van der Waals surface area contributed by atoms with Gasteiger partial charge in [0.25, 0.3) is 0 Å². The van der Waals surface area contributed by atoms with Gasteiger partial charge in [-0.15, -0.1) is 11.3 Å². The zero-order valence-corrected chi connectivity index (χ0v) is 31.6. The number of thiophene rings is 1. The van der Waals surface area contributed by atoms with E-state index in [-0.39, 0.29) is 0 Å². The van der Waals surface area contributed by atoms with E-state index < -0.39 is 0 Å². The van der Waals surface area contributed by atoms with E-state index in [0.717, 1.165) is 39.0 Å². The first-order chi connectivity index (χ1) is 28.3. The minimum Gasteiger partial charge on any atom is -0.456 e. The molecule has 0 aliphatic rings. The lowest BCUT2D eigenvalue weighted by Gasteiger charge is -2.32. The summed E-state index contributed by atoms with van der Waals surface area (Å²) < 4.78 is 9.01. The Hall–Kier alpha value is -7.20. The first-order valence-corrected chi connectivity index (χ1v) is 20.2. The molecular weight excluding hydrogens is 711 g/mol. The molecule has 0 aliphatic heterocycles. The summed E-state index contributed by atoms with van der Waals surface area (Å²) in [5.74, 6) is 0. The van der Waals surface area contributed by atoms with Crippen molar-refractivity contribution < 1.29 is 4.42 Å². The molecule has 2 heterocycles. The number of benzene rings is 10. The second-order valence-corrected chi connectivity index (χ2v) is 15.8. The van der Waals surface area contributed by atoms with Crippen LogP contribution in [-0.4, -0.2) is 0 Å².